The van der Waals surface area contributed by atoms with Crippen LogP contribution in [0.15, 0.2) is 41.3 Å². The highest BCUT2D eigenvalue weighted by molar-refractivity contribution is 7.89. The van der Waals surface area contributed by atoms with Gasteiger partial charge in [0.1, 0.15) is 11.5 Å². The molecule has 0 aromatic heterocycles. The summed E-state index contributed by atoms with van der Waals surface area (Å²) in [6, 6.07) is 9.56. The Kier molecular flexibility index (Phi) is 7.29. The number of nitrogens with zero attached hydrogens (tertiary/aromatic N) is 1. The molecule has 0 unspecified atom stereocenters. The number of amides is 1. The summed E-state index contributed by atoms with van der Waals surface area (Å²) in [6.45, 7) is 0. The van der Waals surface area contributed by atoms with Crippen LogP contribution in [0.2, 0.25) is 5.02 Å². The number of hydrogen-bond donors (Lipinski definition) is 1. The van der Waals surface area contributed by atoms with Crippen molar-refractivity contribution in [1.29, 1.82) is 0 Å². The summed E-state index contributed by atoms with van der Waals surface area (Å²) in [5, 5.41) is 3.15. The zero-order chi connectivity index (χ0) is 20.9. The SMILES string of the molecule is COc1ccc(NC(=O)CCc2cc(S(=O)(=O)N(C)C)ccc2OC)cc1Cl. The number of aryl methyl sites for hydroxylation is 1. The third kappa shape index (κ3) is 5.15. The first-order valence-electron chi connectivity index (χ1n) is 8.42. The van der Waals surface area contributed by atoms with E-state index in [1.165, 1.54) is 40.4 Å². The molecule has 0 saturated carbocycles. The molecule has 0 bridgehead atoms. The number of carbonyl (C=O) groups excluding carboxylic acids is 1. The van der Waals surface area contributed by atoms with Crippen LogP contribution in [0, 0.1) is 0 Å². The highest BCUT2D eigenvalue weighted by Crippen LogP contribution is 2.28. The van der Waals surface area contributed by atoms with E-state index in [1.807, 2.05) is 0 Å². The van der Waals surface area contributed by atoms with Crippen molar-refractivity contribution in [3.63, 3.8) is 0 Å². The number of benzene rings is 2. The van der Waals surface area contributed by atoms with Crippen molar-refractivity contribution in [2.75, 3.05) is 33.6 Å². The number of ether oxygens (including phenoxy) is 2. The number of sulfonamides is 1. The van der Waals surface area contributed by atoms with Gasteiger partial charge in [-0.25, -0.2) is 12.7 Å². The van der Waals surface area contributed by atoms with Crippen molar-refractivity contribution in [3.05, 3.63) is 47.0 Å². The number of methoxy groups -OCH3 is 2. The van der Waals surface area contributed by atoms with Crippen LogP contribution < -0.4 is 14.8 Å². The second-order valence-corrected chi connectivity index (χ2v) is 8.72. The number of hydrogen-bond acceptors (Lipinski definition) is 5. The Morgan fingerprint density at radius 3 is 2.29 bits per heavy atom. The van der Waals surface area contributed by atoms with Gasteiger partial charge in [0.2, 0.25) is 15.9 Å². The average Bonchev–Trinajstić information content (AvgIpc) is 2.66. The first-order valence-corrected chi connectivity index (χ1v) is 10.2. The molecule has 2 rings (SSSR count). The smallest absolute Gasteiger partial charge is 0.242 e. The zero-order valence-corrected chi connectivity index (χ0v) is 17.7. The maximum Gasteiger partial charge on any atom is 0.242 e. The molecular weight excluding hydrogens is 404 g/mol. The normalized spacial score (nSPS) is 11.4. The third-order valence-electron chi connectivity index (χ3n) is 4.09. The molecule has 0 aliphatic rings. The summed E-state index contributed by atoms with van der Waals surface area (Å²) >= 11 is 6.06. The van der Waals surface area contributed by atoms with E-state index in [1.54, 1.807) is 24.3 Å². The fraction of sp³-hybridized carbons (Fsp3) is 0.316. The van der Waals surface area contributed by atoms with Crippen molar-refractivity contribution in [2.24, 2.45) is 0 Å². The van der Waals surface area contributed by atoms with Crippen LogP contribution in [0.4, 0.5) is 5.69 Å². The first-order chi connectivity index (χ1) is 13.2. The van der Waals surface area contributed by atoms with Gasteiger partial charge in [0, 0.05) is 26.2 Å². The molecule has 2 aromatic rings. The van der Waals surface area contributed by atoms with Crippen molar-refractivity contribution >= 4 is 33.2 Å². The minimum atomic E-state index is -3.57. The van der Waals surface area contributed by atoms with Gasteiger partial charge in [-0.3, -0.25) is 4.79 Å². The van der Waals surface area contributed by atoms with Gasteiger partial charge in [0.05, 0.1) is 24.1 Å². The summed E-state index contributed by atoms with van der Waals surface area (Å²) in [5.41, 5.74) is 1.18. The molecule has 1 amide bonds. The van der Waals surface area contributed by atoms with Gasteiger partial charge in [-0.1, -0.05) is 11.6 Å². The van der Waals surface area contributed by atoms with Gasteiger partial charge in [0.15, 0.2) is 0 Å². The molecule has 0 atom stereocenters. The molecule has 0 radical (unpaired) electrons. The average molecular weight is 427 g/mol. The van der Waals surface area contributed by atoms with Gasteiger partial charge < -0.3 is 14.8 Å². The number of nitrogens with one attached hydrogen (secondary N) is 1. The second-order valence-electron chi connectivity index (χ2n) is 6.16. The number of rotatable bonds is 8. The predicted octanol–water partition coefficient (Wildman–Crippen LogP) is 3.18. The molecule has 1 N–H and O–H groups in total. The van der Waals surface area contributed by atoms with Crippen molar-refractivity contribution in [3.8, 4) is 11.5 Å². The fourth-order valence-corrected chi connectivity index (χ4v) is 3.75. The van der Waals surface area contributed by atoms with Crippen molar-refractivity contribution in [2.45, 2.75) is 17.7 Å². The van der Waals surface area contributed by atoms with E-state index in [0.717, 1.165) is 4.31 Å². The van der Waals surface area contributed by atoms with Crippen LogP contribution in [-0.4, -0.2) is 46.9 Å². The minimum absolute atomic E-state index is 0.144. The maximum absolute atomic E-state index is 12.3. The van der Waals surface area contributed by atoms with Crippen LogP contribution in [-0.2, 0) is 21.2 Å². The predicted molar refractivity (Wildman–Crippen MR) is 109 cm³/mol. The van der Waals surface area contributed by atoms with Crippen LogP contribution in [0.5, 0.6) is 11.5 Å². The lowest BCUT2D eigenvalue weighted by Crippen LogP contribution is -2.22. The van der Waals surface area contributed by atoms with Crippen LogP contribution in [0.25, 0.3) is 0 Å². The van der Waals surface area contributed by atoms with E-state index >= 15 is 0 Å². The fourth-order valence-electron chi connectivity index (χ4n) is 2.54. The lowest BCUT2D eigenvalue weighted by molar-refractivity contribution is -0.116. The number of anilines is 1. The summed E-state index contributed by atoms with van der Waals surface area (Å²) < 4.78 is 36.2. The Hall–Kier alpha value is -2.29. The Bertz CT molecular complexity index is 961. The van der Waals surface area contributed by atoms with Crippen molar-refractivity contribution in [1.82, 2.24) is 4.31 Å². The van der Waals surface area contributed by atoms with Gasteiger partial charge in [-0.2, -0.15) is 0 Å². The van der Waals surface area contributed by atoms with Crippen molar-refractivity contribution < 1.29 is 22.7 Å². The highest BCUT2D eigenvalue weighted by Gasteiger charge is 2.19. The standard InChI is InChI=1S/C19H23ClN2O5S/c1-22(2)28(24,25)15-7-9-17(26-3)13(11-15)5-10-19(23)21-14-6-8-18(27-4)16(20)12-14/h6-9,11-12H,5,10H2,1-4H3,(H,21,23). The van der Waals surface area contributed by atoms with E-state index in [9.17, 15) is 13.2 Å². The molecular formula is C19H23ClN2O5S. The highest BCUT2D eigenvalue weighted by atomic mass is 35.5. The topological polar surface area (TPSA) is 84.9 Å². The van der Waals surface area contributed by atoms with Crippen LogP contribution in [0.1, 0.15) is 12.0 Å². The van der Waals surface area contributed by atoms with E-state index < -0.39 is 10.0 Å². The minimum Gasteiger partial charge on any atom is -0.496 e. The Morgan fingerprint density at radius 2 is 1.71 bits per heavy atom. The molecule has 0 spiro atoms. The van der Waals surface area contributed by atoms with Gasteiger partial charge in [0.25, 0.3) is 0 Å². The van der Waals surface area contributed by atoms with Gasteiger partial charge >= 0.3 is 0 Å². The maximum atomic E-state index is 12.3. The van der Waals surface area contributed by atoms with Crippen LogP contribution in [0.3, 0.4) is 0 Å². The Labute approximate surface area is 170 Å². The van der Waals surface area contributed by atoms with E-state index in [2.05, 4.69) is 5.32 Å². The summed E-state index contributed by atoms with van der Waals surface area (Å²) in [4.78, 5) is 12.4. The molecule has 0 aliphatic heterocycles. The van der Waals surface area contributed by atoms with Gasteiger partial charge in [-0.05, 0) is 48.4 Å². The molecule has 28 heavy (non-hydrogen) atoms. The van der Waals surface area contributed by atoms with E-state index in [-0.39, 0.29) is 17.2 Å². The monoisotopic (exact) mass is 426 g/mol. The molecule has 0 heterocycles. The number of halogens is 1. The first kappa shape index (κ1) is 22.0. The molecule has 0 fully saturated rings. The van der Waals surface area contributed by atoms with E-state index in [4.69, 9.17) is 21.1 Å². The summed E-state index contributed by atoms with van der Waals surface area (Å²) in [5.74, 6) is 0.811. The third-order valence-corrected chi connectivity index (χ3v) is 6.19. The summed E-state index contributed by atoms with van der Waals surface area (Å²) in [7, 11) is 2.37. The number of carbonyl (C=O) groups is 1. The molecule has 2 aromatic carbocycles. The molecule has 152 valence electrons. The Morgan fingerprint density at radius 1 is 1.07 bits per heavy atom. The summed E-state index contributed by atoms with van der Waals surface area (Å²) in [6.07, 6.45) is 0.459. The van der Waals surface area contributed by atoms with Gasteiger partial charge in [-0.15, -0.1) is 0 Å². The second kappa shape index (κ2) is 9.27. The lowest BCUT2D eigenvalue weighted by atomic mass is 10.1. The lowest BCUT2D eigenvalue weighted by Gasteiger charge is -2.14. The molecule has 0 saturated heterocycles. The molecule has 9 heteroatoms. The quantitative estimate of drug-likeness (QED) is 0.700. The Balaban J connectivity index is 2.12. The van der Waals surface area contributed by atoms with Crippen LogP contribution >= 0.6 is 11.6 Å². The van der Waals surface area contributed by atoms with E-state index in [0.29, 0.717) is 34.2 Å². The largest absolute Gasteiger partial charge is 0.496 e. The molecule has 0 aliphatic carbocycles. The molecule has 7 nitrogen and oxygen atoms in total. The zero-order valence-electron chi connectivity index (χ0n) is 16.2.